The third-order valence-corrected chi connectivity index (χ3v) is 4.60. The van der Waals surface area contributed by atoms with Crippen molar-refractivity contribution < 1.29 is 14.3 Å². The van der Waals surface area contributed by atoms with Gasteiger partial charge in [0.1, 0.15) is 0 Å². The third kappa shape index (κ3) is 10.4. The zero-order chi connectivity index (χ0) is 15.9. The summed E-state index contributed by atoms with van der Waals surface area (Å²) in [6.07, 6.45) is 17.5. The fraction of sp³-hybridized carbons (Fsp3) is 0.944. The van der Waals surface area contributed by atoms with Crippen molar-refractivity contribution in [3.63, 3.8) is 0 Å². The van der Waals surface area contributed by atoms with Crippen LogP contribution in [0.2, 0.25) is 0 Å². The Morgan fingerprint density at radius 2 is 1.23 bits per heavy atom. The molecule has 1 saturated heterocycles. The Bertz CT molecular complexity index is 271. The average Bonchev–Trinajstić information content (AvgIpc) is 2.93. The van der Waals surface area contributed by atoms with Crippen LogP contribution in [0.15, 0.2) is 0 Å². The van der Waals surface area contributed by atoms with Gasteiger partial charge in [-0.15, -0.1) is 11.6 Å². The summed E-state index contributed by atoms with van der Waals surface area (Å²) < 4.78 is 9.97. The Kier molecular flexibility index (Phi) is 12.9. The summed E-state index contributed by atoms with van der Waals surface area (Å²) in [4.78, 5) is 11.2. The van der Waals surface area contributed by atoms with Gasteiger partial charge in [0.15, 0.2) is 12.9 Å². The molecule has 0 saturated carbocycles. The van der Waals surface area contributed by atoms with Crippen LogP contribution in [0.4, 0.5) is 0 Å². The van der Waals surface area contributed by atoms with E-state index in [0.29, 0.717) is 0 Å². The standard InChI is InChI=1S/C18H33ClO3/c19-15-13-11-9-7-5-3-1-2-4-6-8-10-12-14-17-18(20)22-16-21-17/h17H,1-16H2. The molecular formula is C18H33ClO3. The first-order chi connectivity index (χ1) is 10.8. The molecule has 4 heteroatoms. The fourth-order valence-corrected chi connectivity index (χ4v) is 3.09. The molecule has 0 radical (unpaired) electrons. The molecule has 1 aliphatic heterocycles. The number of esters is 1. The minimum absolute atomic E-state index is 0.149. The number of unbranched alkanes of at least 4 members (excludes halogenated alkanes) is 12. The predicted octanol–water partition coefficient (Wildman–Crippen LogP) is 5.59. The smallest absolute Gasteiger partial charge is 0.337 e. The van der Waals surface area contributed by atoms with Gasteiger partial charge >= 0.3 is 5.97 Å². The predicted molar refractivity (Wildman–Crippen MR) is 91.2 cm³/mol. The molecule has 0 aromatic carbocycles. The molecule has 0 spiro atoms. The van der Waals surface area contributed by atoms with Crippen molar-refractivity contribution in [1.82, 2.24) is 0 Å². The van der Waals surface area contributed by atoms with E-state index in [4.69, 9.17) is 21.1 Å². The molecule has 22 heavy (non-hydrogen) atoms. The van der Waals surface area contributed by atoms with Crippen molar-refractivity contribution in [2.75, 3.05) is 12.7 Å². The quantitative estimate of drug-likeness (QED) is 0.223. The Morgan fingerprint density at radius 1 is 0.773 bits per heavy atom. The van der Waals surface area contributed by atoms with Crippen LogP contribution in [0, 0.1) is 0 Å². The van der Waals surface area contributed by atoms with Crippen LogP contribution in [0.25, 0.3) is 0 Å². The first-order valence-corrected chi connectivity index (χ1v) is 9.72. The Balaban J connectivity index is 1.70. The highest BCUT2D eigenvalue weighted by Gasteiger charge is 2.26. The van der Waals surface area contributed by atoms with Gasteiger partial charge in [-0.1, -0.05) is 77.0 Å². The van der Waals surface area contributed by atoms with Crippen LogP contribution in [0.1, 0.15) is 89.9 Å². The molecule has 130 valence electrons. The molecule has 1 aliphatic rings. The monoisotopic (exact) mass is 332 g/mol. The summed E-state index contributed by atoms with van der Waals surface area (Å²) in [5, 5.41) is 0. The Morgan fingerprint density at radius 3 is 1.64 bits per heavy atom. The lowest BCUT2D eigenvalue weighted by atomic mass is 10.0. The van der Waals surface area contributed by atoms with Crippen molar-refractivity contribution in [3.8, 4) is 0 Å². The van der Waals surface area contributed by atoms with E-state index in [1.165, 1.54) is 77.0 Å². The third-order valence-electron chi connectivity index (χ3n) is 4.33. The van der Waals surface area contributed by atoms with Gasteiger partial charge in [-0.25, -0.2) is 4.79 Å². The summed E-state index contributed by atoms with van der Waals surface area (Å²) in [5.74, 6) is 0.639. The van der Waals surface area contributed by atoms with Gasteiger partial charge in [0.05, 0.1) is 0 Å². The van der Waals surface area contributed by atoms with Crippen molar-refractivity contribution in [1.29, 1.82) is 0 Å². The van der Waals surface area contributed by atoms with Crippen molar-refractivity contribution in [3.05, 3.63) is 0 Å². The van der Waals surface area contributed by atoms with Crippen LogP contribution in [0.3, 0.4) is 0 Å². The van der Waals surface area contributed by atoms with E-state index in [9.17, 15) is 4.79 Å². The maximum absolute atomic E-state index is 11.2. The number of alkyl halides is 1. The number of halogens is 1. The maximum Gasteiger partial charge on any atom is 0.337 e. The van der Waals surface area contributed by atoms with Crippen LogP contribution in [0.5, 0.6) is 0 Å². The van der Waals surface area contributed by atoms with Gasteiger partial charge < -0.3 is 9.47 Å². The van der Waals surface area contributed by atoms with Crippen LogP contribution in [-0.2, 0) is 14.3 Å². The second-order valence-corrected chi connectivity index (χ2v) is 6.69. The van der Waals surface area contributed by atoms with Gasteiger partial charge in [0, 0.05) is 5.88 Å². The molecule has 0 bridgehead atoms. The topological polar surface area (TPSA) is 35.5 Å². The largest absolute Gasteiger partial charge is 0.437 e. The van der Waals surface area contributed by atoms with Crippen LogP contribution in [-0.4, -0.2) is 24.7 Å². The van der Waals surface area contributed by atoms with Gasteiger partial charge in [-0.05, 0) is 12.8 Å². The number of cyclic esters (lactones) is 1. The normalized spacial score (nSPS) is 17.9. The van der Waals surface area contributed by atoms with Crippen molar-refractivity contribution >= 4 is 17.6 Å². The summed E-state index contributed by atoms with van der Waals surface area (Å²) in [6, 6.07) is 0. The number of ether oxygens (including phenoxy) is 2. The number of carbonyl (C=O) groups is 1. The first-order valence-electron chi connectivity index (χ1n) is 9.19. The molecule has 1 heterocycles. The van der Waals surface area contributed by atoms with Crippen LogP contribution < -0.4 is 0 Å². The zero-order valence-corrected chi connectivity index (χ0v) is 14.7. The molecule has 0 amide bonds. The minimum Gasteiger partial charge on any atom is -0.437 e. The SMILES string of the molecule is O=C1OCOC1CCCCCCCCCCCCCCCCl. The summed E-state index contributed by atoms with van der Waals surface area (Å²) in [5.41, 5.74) is 0. The van der Waals surface area contributed by atoms with E-state index >= 15 is 0 Å². The number of carbonyl (C=O) groups excluding carboxylic acids is 1. The zero-order valence-electron chi connectivity index (χ0n) is 14.0. The van der Waals surface area contributed by atoms with E-state index < -0.39 is 0 Å². The summed E-state index contributed by atoms with van der Waals surface area (Å²) in [6.45, 7) is 0.149. The lowest BCUT2D eigenvalue weighted by Crippen LogP contribution is -2.15. The second kappa shape index (κ2) is 14.3. The van der Waals surface area contributed by atoms with E-state index in [0.717, 1.165) is 18.7 Å². The Labute approximate surface area is 141 Å². The molecule has 0 N–H and O–H groups in total. The summed E-state index contributed by atoms with van der Waals surface area (Å²) in [7, 11) is 0. The van der Waals surface area contributed by atoms with Crippen LogP contribution >= 0.6 is 11.6 Å². The van der Waals surface area contributed by atoms with Gasteiger partial charge in [-0.3, -0.25) is 0 Å². The Hall–Kier alpha value is -0.280. The molecule has 0 aromatic heterocycles. The molecule has 3 nitrogen and oxygen atoms in total. The van der Waals surface area contributed by atoms with E-state index in [-0.39, 0.29) is 18.9 Å². The second-order valence-electron chi connectivity index (χ2n) is 6.31. The fourth-order valence-electron chi connectivity index (χ4n) is 2.91. The van der Waals surface area contributed by atoms with Crippen molar-refractivity contribution in [2.24, 2.45) is 0 Å². The van der Waals surface area contributed by atoms with E-state index in [2.05, 4.69) is 0 Å². The number of hydrogen-bond acceptors (Lipinski definition) is 3. The molecule has 1 fully saturated rings. The van der Waals surface area contributed by atoms with E-state index in [1.807, 2.05) is 0 Å². The van der Waals surface area contributed by atoms with Gasteiger partial charge in [0.2, 0.25) is 0 Å². The first kappa shape index (κ1) is 19.8. The van der Waals surface area contributed by atoms with E-state index in [1.54, 1.807) is 0 Å². The average molecular weight is 333 g/mol. The molecule has 0 aliphatic carbocycles. The summed E-state index contributed by atoms with van der Waals surface area (Å²) >= 11 is 5.66. The van der Waals surface area contributed by atoms with Gasteiger partial charge in [-0.2, -0.15) is 0 Å². The molecule has 0 aromatic rings. The molecule has 1 atom stereocenters. The number of hydrogen-bond donors (Lipinski definition) is 0. The highest BCUT2D eigenvalue weighted by atomic mass is 35.5. The molecule has 1 unspecified atom stereocenters. The molecule has 1 rings (SSSR count). The lowest BCUT2D eigenvalue weighted by Gasteiger charge is -2.05. The lowest BCUT2D eigenvalue weighted by molar-refractivity contribution is -0.139. The number of rotatable bonds is 15. The van der Waals surface area contributed by atoms with Gasteiger partial charge in [0.25, 0.3) is 0 Å². The molecular weight excluding hydrogens is 300 g/mol. The minimum atomic E-state index is -0.288. The maximum atomic E-state index is 11.2. The highest BCUT2D eigenvalue weighted by Crippen LogP contribution is 2.16. The van der Waals surface area contributed by atoms with Crippen molar-refractivity contribution in [2.45, 2.75) is 96.0 Å². The highest BCUT2D eigenvalue weighted by molar-refractivity contribution is 6.17.